The predicted molar refractivity (Wildman–Crippen MR) is 66.7 cm³/mol. The number of oxime groups is 1. The zero-order valence-corrected chi connectivity index (χ0v) is 10.7. The van der Waals surface area contributed by atoms with Crippen molar-refractivity contribution in [2.45, 2.75) is 24.0 Å². The molecule has 0 amide bonds. The standard InChI is InChI=1S/C10H12N6OS/c1-5-3-4-12-9(7(5)8(11)16-17)18-10-13-6(2)14-15-10/h3-4,17H,1-2H3,(H2,11,16)(H,13,14,15). The van der Waals surface area contributed by atoms with Gasteiger partial charge in [0.25, 0.3) is 0 Å². The van der Waals surface area contributed by atoms with Gasteiger partial charge < -0.3 is 10.9 Å². The molecular formula is C10H12N6OS. The Bertz CT molecular complexity index is 594. The van der Waals surface area contributed by atoms with Crippen LogP contribution in [-0.4, -0.2) is 31.2 Å². The molecule has 0 aliphatic rings. The number of pyridine rings is 1. The molecular weight excluding hydrogens is 252 g/mol. The Morgan fingerprint density at radius 2 is 2.28 bits per heavy atom. The zero-order valence-electron chi connectivity index (χ0n) is 9.88. The minimum atomic E-state index is 0.0235. The Morgan fingerprint density at radius 1 is 1.50 bits per heavy atom. The number of nitrogens with one attached hydrogen (secondary N) is 1. The molecule has 2 rings (SSSR count). The number of H-pyrrole nitrogens is 1. The lowest BCUT2D eigenvalue weighted by Gasteiger charge is -2.07. The maximum Gasteiger partial charge on any atom is 0.214 e. The molecule has 0 saturated heterocycles. The van der Waals surface area contributed by atoms with Gasteiger partial charge in [-0.15, -0.1) is 5.10 Å². The van der Waals surface area contributed by atoms with Crippen molar-refractivity contribution in [1.82, 2.24) is 20.2 Å². The fourth-order valence-electron chi connectivity index (χ4n) is 1.43. The molecule has 0 bridgehead atoms. The lowest BCUT2D eigenvalue weighted by Crippen LogP contribution is -2.16. The third-order valence-corrected chi connectivity index (χ3v) is 3.12. The van der Waals surface area contributed by atoms with E-state index in [-0.39, 0.29) is 5.84 Å². The van der Waals surface area contributed by atoms with Crippen LogP contribution in [-0.2, 0) is 0 Å². The van der Waals surface area contributed by atoms with Crippen LogP contribution >= 0.6 is 11.8 Å². The van der Waals surface area contributed by atoms with Crippen LogP contribution in [0.5, 0.6) is 0 Å². The van der Waals surface area contributed by atoms with E-state index in [0.29, 0.717) is 15.7 Å². The first-order chi connectivity index (χ1) is 8.61. The fraction of sp³-hybridized carbons (Fsp3) is 0.200. The van der Waals surface area contributed by atoms with E-state index >= 15 is 0 Å². The van der Waals surface area contributed by atoms with E-state index in [1.165, 1.54) is 11.8 Å². The summed E-state index contributed by atoms with van der Waals surface area (Å²) in [4.78, 5) is 8.39. The van der Waals surface area contributed by atoms with Crippen molar-refractivity contribution in [3.63, 3.8) is 0 Å². The summed E-state index contributed by atoms with van der Waals surface area (Å²) in [6.07, 6.45) is 1.66. The molecule has 94 valence electrons. The van der Waals surface area contributed by atoms with Crippen LogP contribution in [0.15, 0.2) is 27.6 Å². The van der Waals surface area contributed by atoms with Crippen LogP contribution < -0.4 is 5.73 Å². The number of hydrogen-bond acceptors (Lipinski definition) is 6. The van der Waals surface area contributed by atoms with Crippen molar-refractivity contribution >= 4 is 17.6 Å². The molecule has 0 fully saturated rings. The summed E-state index contributed by atoms with van der Waals surface area (Å²) in [5.74, 6) is 0.742. The Morgan fingerprint density at radius 3 is 2.89 bits per heavy atom. The lowest BCUT2D eigenvalue weighted by atomic mass is 10.1. The SMILES string of the molecule is Cc1nc(Sc2nccc(C)c2/C(N)=N/O)n[nH]1. The smallest absolute Gasteiger partial charge is 0.214 e. The Hall–Kier alpha value is -2.09. The molecule has 0 unspecified atom stereocenters. The van der Waals surface area contributed by atoms with Crippen molar-refractivity contribution in [1.29, 1.82) is 0 Å². The highest BCUT2D eigenvalue weighted by atomic mass is 32.2. The summed E-state index contributed by atoms with van der Waals surface area (Å²) < 4.78 is 0. The van der Waals surface area contributed by atoms with E-state index in [0.717, 1.165) is 11.4 Å². The van der Waals surface area contributed by atoms with Crippen molar-refractivity contribution in [2.75, 3.05) is 0 Å². The molecule has 0 aliphatic heterocycles. The molecule has 0 atom stereocenters. The van der Waals surface area contributed by atoms with Gasteiger partial charge in [0.1, 0.15) is 10.9 Å². The van der Waals surface area contributed by atoms with Gasteiger partial charge in [-0.25, -0.2) is 9.97 Å². The monoisotopic (exact) mass is 264 g/mol. The second-order valence-electron chi connectivity index (χ2n) is 3.60. The number of nitrogens with zero attached hydrogens (tertiary/aromatic N) is 4. The number of rotatable bonds is 3. The molecule has 2 aromatic heterocycles. The molecule has 0 spiro atoms. The van der Waals surface area contributed by atoms with Crippen LogP contribution in [0.3, 0.4) is 0 Å². The minimum absolute atomic E-state index is 0.0235. The average Bonchev–Trinajstić information content (AvgIpc) is 2.74. The van der Waals surface area contributed by atoms with Crippen LogP contribution in [0, 0.1) is 13.8 Å². The molecule has 0 saturated carbocycles. The summed E-state index contributed by atoms with van der Waals surface area (Å²) >= 11 is 1.26. The van der Waals surface area contributed by atoms with Crippen molar-refractivity contribution < 1.29 is 5.21 Å². The number of amidine groups is 1. The number of hydrogen-bond donors (Lipinski definition) is 3. The average molecular weight is 264 g/mol. The van der Waals surface area contributed by atoms with Crippen LogP contribution in [0.2, 0.25) is 0 Å². The quantitative estimate of drug-likeness (QED) is 0.330. The zero-order chi connectivity index (χ0) is 13.1. The van der Waals surface area contributed by atoms with Gasteiger partial charge in [-0.2, -0.15) is 0 Å². The molecule has 0 radical (unpaired) electrons. The highest BCUT2D eigenvalue weighted by Gasteiger charge is 2.14. The first-order valence-corrected chi connectivity index (χ1v) is 5.94. The summed E-state index contributed by atoms with van der Waals surface area (Å²) in [6, 6.07) is 1.79. The van der Waals surface area contributed by atoms with E-state index in [4.69, 9.17) is 10.9 Å². The highest BCUT2D eigenvalue weighted by molar-refractivity contribution is 7.99. The van der Waals surface area contributed by atoms with Crippen LogP contribution in [0.4, 0.5) is 0 Å². The maximum absolute atomic E-state index is 8.80. The third kappa shape index (κ3) is 2.43. The largest absolute Gasteiger partial charge is 0.409 e. The van der Waals surface area contributed by atoms with Crippen molar-refractivity contribution in [3.05, 3.63) is 29.2 Å². The molecule has 18 heavy (non-hydrogen) atoms. The Labute approximate surface area is 108 Å². The molecule has 7 nitrogen and oxygen atoms in total. The number of aromatic nitrogens is 4. The molecule has 2 aromatic rings. The van der Waals surface area contributed by atoms with E-state index in [9.17, 15) is 0 Å². The summed E-state index contributed by atoms with van der Waals surface area (Å²) in [5.41, 5.74) is 7.11. The topological polar surface area (TPSA) is 113 Å². The van der Waals surface area contributed by atoms with Crippen LogP contribution in [0.25, 0.3) is 0 Å². The molecule has 8 heteroatoms. The number of aromatic amines is 1. The first kappa shape index (κ1) is 12.4. The highest BCUT2D eigenvalue weighted by Crippen LogP contribution is 2.27. The van der Waals surface area contributed by atoms with Crippen LogP contribution in [0.1, 0.15) is 17.0 Å². The fourth-order valence-corrected chi connectivity index (χ4v) is 2.35. The Balaban J connectivity index is 2.41. The second kappa shape index (κ2) is 5.05. The summed E-state index contributed by atoms with van der Waals surface area (Å²) in [5, 5.41) is 19.7. The van der Waals surface area contributed by atoms with E-state index in [2.05, 4.69) is 25.3 Å². The van der Waals surface area contributed by atoms with Gasteiger partial charge in [-0.05, 0) is 37.2 Å². The molecule has 0 aromatic carbocycles. The van der Waals surface area contributed by atoms with Gasteiger partial charge in [-0.3, -0.25) is 5.10 Å². The molecule has 0 aliphatic carbocycles. The van der Waals surface area contributed by atoms with Crippen molar-refractivity contribution in [2.24, 2.45) is 10.9 Å². The maximum atomic E-state index is 8.80. The molecule has 4 N–H and O–H groups in total. The van der Waals surface area contributed by atoms with Gasteiger partial charge in [0.2, 0.25) is 5.16 Å². The third-order valence-electron chi connectivity index (χ3n) is 2.25. The van der Waals surface area contributed by atoms with Gasteiger partial charge in [-0.1, -0.05) is 5.16 Å². The van der Waals surface area contributed by atoms with Crippen molar-refractivity contribution in [3.8, 4) is 0 Å². The van der Waals surface area contributed by atoms with Gasteiger partial charge in [0, 0.05) is 6.20 Å². The summed E-state index contributed by atoms with van der Waals surface area (Å²) in [7, 11) is 0. The van der Waals surface area contributed by atoms with E-state index in [1.54, 1.807) is 12.3 Å². The number of aryl methyl sites for hydroxylation is 2. The normalized spacial score (nSPS) is 11.8. The van der Waals surface area contributed by atoms with Gasteiger partial charge >= 0.3 is 0 Å². The minimum Gasteiger partial charge on any atom is -0.409 e. The molecule has 2 heterocycles. The Kier molecular flexibility index (Phi) is 3.47. The summed E-state index contributed by atoms with van der Waals surface area (Å²) in [6.45, 7) is 3.67. The second-order valence-corrected chi connectivity index (χ2v) is 4.55. The van der Waals surface area contributed by atoms with E-state index < -0.39 is 0 Å². The number of nitrogens with two attached hydrogens (primary N) is 1. The lowest BCUT2D eigenvalue weighted by molar-refractivity contribution is 0.318. The van der Waals surface area contributed by atoms with E-state index in [1.807, 2.05) is 13.8 Å². The van der Waals surface area contributed by atoms with Gasteiger partial charge in [0.05, 0.1) is 5.56 Å². The first-order valence-electron chi connectivity index (χ1n) is 5.12. The van der Waals surface area contributed by atoms with Gasteiger partial charge in [0.15, 0.2) is 5.84 Å². The predicted octanol–water partition coefficient (Wildman–Crippen LogP) is 1.06.